The highest BCUT2D eigenvalue weighted by Gasteiger charge is 2.22. The van der Waals surface area contributed by atoms with Gasteiger partial charge >= 0.3 is 5.97 Å². The third-order valence-corrected chi connectivity index (χ3v) is 3.53. The summed E-state index contributed by atoms with van der Waals surface area (Å²) in [4.78, 5) is 26.7. The van der Waals surface area contributed by atoms with Crippen LogP contribution < -0.4 is 0 Å². The quantitative estimate of drug-likeness (QED) is 0.384. The zero-order valence-electron chi connectivity index (χ0n) is 12.7. The molecule has 3 rings (SSSR count). The number of nitro benzene ring substituents is 1. The van der Waals surface area contributed by atoms with E-state index < -0.39 is 10.9 Å². The minimum atomic E-state index is -0.863. The first-order valence-corrected chi connectivity index (χ1v) is 7.53. The zero-order valence-corrected chi connectivity index (χ0v) is 13.5. The second kappa shape index (κ2) is 7.14. The van der Waals surface area contributed by atoms with Crippen LogP contribution in [0, 0.1) is 10.1 Å². The highest BCUT2D eigenvalue weighted by atomic mass is 35.5. The van der Waals surface area contributed by atoms with Crippen LogP contribution in [0.15, 0.2) is 59.2 Å². The van der Waals surface area contributed by atoms with Crippen LogP contribution in [0.4, 0.5) is 5.69 Å². The lowest BCUT2D eigenvalue weighted by molar-refractivity contribution is -0.385. The molecule has 3 aromatic rings. The molecule has 2 aromatic carbocycles. The van der Waals surface area contributed by atoms with Crippen molar-refractivity contribution in [1.82, 2.24) is 4.98 Å². The van der Waals surface area contributed by atoms with Crippen molar-refractivity contribution in [2.75, 3.05) is 0 Å². The summed E-state index contributed by atoms with van der Waals surface area (Å²) >= 11 is 5.80. The number of oxazole rings is 1. The number of carbonyl (C=O) groups is 1. The summed E-state index contributed by atoms with van der Waals surface area (Å²) in [5.41, 5.74) is 0.575. The number of nitrogens with zero attached hydrogens (tertiary/aromatic N) is 2. The lowest BCUT2D eigenvalue weighted by atomic mass is 10.2. The summed E-state index contributed by atoms with van der Waals surface area (Å²) in [6.07, 6.45) is 1.36. The molecule has 0 spiro atoms. The standard InChI is InChI=1S/C17H11ClN2O5/c18-12-6-7-15(20(22)23)14(8-12)17(21)25-10-13-9-24-16(19-13)11-4-2-1-3-5-11/h1-9H,10H2. The summed E-state index contributed by atoms with van der Waals surface area (Å²) in [6.45, 7) is -0.182. The fourth-order valence-corrected chi connectivity index (χ4v) is 2.31. The van der Waals surface area contributed by atoms with Crippen LogP contribution in [0.1, 0.15) is 16.1 Å². The third kappa shape index (κ3) is 3.84. The average Bonchev–Trinajstić information content (AvgIpc) is 3.09. The van der Waals surface area contributed by atoms with Gasteiger partial charge in [0.25, 0.3) is 5.69 Å². The fraction of sp³-hybridized carbons (Fsp3) is 0.0588. The van der Waals surface area contributed by atoms with Crippen molar-refractivity contribution in [2.45, 2.75) is 6.61 Å². The van der Waals surface area contributed by atoms with E-state index >= 15 is 0 Å². The van der Waals surface area contributed by atoms with Gasteiger partial charge in [0.15, 0.2) is 0 Å². The third-order valence-electron chi connectivity index (χ3n) is 3.30. The van der Waals surface area contributed by atoms with Gasteiger partial charge < -0.3 is 9.15 Å². The predicted octanol–water partition coefficient (Wildman–Crippen LogP) is 4.26. The number of benzene rings is 2. The molecule has 0 saturated carbocycles. The Balaban J connectivity index is 1.72. The molecule has 25 heavy (non-hydrogen) atoms. The largest absolute Gasteiger partial charge is 0.455 e. The molecule has 8 heteroatoms. The lowest BCUT2D eigenvalue weighted by Gasteiger charge is -2.04. The predicted molar refractivity (Wildman–Crippen MR) is 89.2 cm³/mol. The van der Waals surface area contributed by atoms with Crippen LogP contribution in [-0.4, -0.2) is 15.9 Å². The maximum atomic E-state index is 12.1. The second-order valence-corrected chi connectivity index (χ2v) is 5.44. The number of nitro groups is 1. The number of esters is 1. The molecule has 126 valence electrons. The van der Waals surface area contributed by atoms with Gasteiger partial charge in [-0.1, -0.05) is 29.8 Å². The maximum Gasteiger partial charge on any atom is 0.345 e. The molecule has 1 heterocycles. The molecule has 0 bridgehead atoms. The van der Waals surface area contributed by atoms with E-state index in [9.17, 15) is 14.9 Å². The first kappa shape index (κ1) is 16.7. The summed E-state index contributed by atoms with van der Waals surface area (Å²) in [7, 11) is 0. The molecule has 0 radical (unpaired) electrons. The van der Waals surface area contributed by atoms with Crippen molar-refractivity contribution in [2.24, 2.45) is 0 Å². The Labute approximate surface area is 147 Å². The van der Waals surface area contributed by atoms with E-state index in [2.05, 4.69) is 4.98 Å². The highest BCUT2D eigenvalue weighted by Crippen LogP contribution is 2.24. The van der Waals surface area contributed by atoms with E-state index in [0.717, 1.165) is 11.6 Å². The van der Waals surface area contributed by atoms with Crippen molar-refractivity contribution in [3.05, 3.63) is 81.2 Å². The van der Waals surface area contributed by atoms with Crippen molar-refractivity contribution in [3.8, 4) is 11.5 Å². The Hall–Kier alpha value is -3.19. The van der Waals surface area contributed by atoms with E-state index in [4.69, 9.17) is 20.8 Å². The van der Waals surface area contributed by atoms with Crippen molar-refractivity contribution < 1.29 is 18.9 Å². The molecule has 0 fully saturated rings. The maximum absolute atomic E-state index is 12.1. The number of ether oxygens (including phenoxy) is 1. The van der Waals surface area contributed by atoms with Crippen LogP contribution in [0.3, 0.4) is 0 Å². The molecule has 0 unspecified atom stereocenters. The van der Waals surface area contributed by atoms with E-state index in [1.54, 1.807) is 0 Å². The van der Waals surface area contributed by atoms with Crippen LogP contribution in [0.2, 0.25) is 5.02 Å². The smallest absolute Gasteiger partial charge is 0.345 e. The zero-order chi connectivity index (χ0) is 17.8. The van der Waals surface area contributed by atoms with Gasteiger partial charge in [-0.15, -0.1) is 0 Å². The summed E-state index contributed by atoms with van der Waals surface area (Å²) in [5.74, 6) is -0.473. The van der Waals surface area contributed by atoms with Gasteiger partial charge in [-0.25, -0.2) is 9.78 Å². The lowest BCUT2D eigenvalue weighted by Crippen LogP contribution is -2.08. The van der Waals surface area contributed by atoms with Crippen LogP contribution in [0.5, 0.6) is 0 Å². The van der Waals surface area contributed by atoms with Gasteiger partial charge in [-0.05, 0) is 24.3 Å². The number of hydrogen-bond donors (Lipinski definition) is 0. The molecule has 0 atom stereocenters. The van der Waals surface area contributed by atoms with Crippen molar-refractivity contribution in [3.63, 3.8) is 0 Å². The van der Waals surface area contributed by atoms with Gasteiger partial charge in [0.1, 0.15) is 24.1 Å². The first-order valence-electron chi connectivity index (χ1n) is 7.15. The molecule has 0 aliphatic rings. The second-order valence-electron chi connectivity index (χ2n) is 5.00. The topological polar surface area (TPSA) is 95.5 Å². The Bertz CT molecular complexity index is 924. The number of aromatic nitrogens is 1. The van der Waals surface area contributed by atoms with E-state index in [1.165, 1.54) is 18.4 Å². The van der Waals surface area contributed by atoms with E-state index in [1.807, 2.05) is 30.3 Å². The van der Waals surface area contributed by atoms with Crippen molar-refractivity contribution >= 4 is 23.3 Å². The number of carbonyl (C=O) groups excluding carboxylic acids is 1. The Morgan fingerprint density at radius 1 is 1.24 bits per heavy atom. The molecular formula is C17H11ClN2O5. The Morgan fingerprint density at radius 2 is 2.00 bits per heavy atom. The molecule has 0 aliphatic heterocycles. The molecular weight excluding hydrogens is 348 g/mol. The van der Waals surface area contributed by atoms with Crippen LogP contribution >= 0.6 is 11.6 Å². The molecule has 0 amide bonds. The number of halogens is 1. The Morgan fingerprint density at radius 3 is 2.72 bits per heavy atom. The Kier molecular flexibility index (Phi) is 4.76. The summed E-state index contributed by atoms with van der Waals surface area (Å²) in [6, 6.07) is 12.9. The van der Waals surface area contributed by atoms with Crippen LogP contribution in [0.25, 0.3) is 11.5 Å². The minimum absolute atomic E-state index is 0.182. The first-order chi connectivity index (χ1) is 12.0. The fourth-order valence-electron chi connectivity index (χ4n) is 2.13. The number of rotatable bonds is 5. The van der Waals surface area contributed by atoms with Crippen LogP contribution in [-0.2, 0) is 11.3 Å². The molecule has 0 saturated heterocycles. The molecule has 0 N–H and O–H groups in total. The highest BCUT2D eigenvalue weighted by molar-refractivity contribution is 6.31. The molecule has 7 nitrogen and oxygen atoms in total. The minimum Gasteiger partial charge on any atom is -0.455 e. The summed E-state index contributed by atoms with van der Waals surface area (Å²) in [5, 5.41) is 11.2. The SMILES string of the molecule is O=C(OCc1coc(-c2ccccc2)n1)c1cc(Cl)ccc1[N+](=O)[O-]. The van der Waals surface area contributed by atoms with Gasteiger partial charge in [0, 0.05) is 16.7 Å². The van der Waals surface area contributed by atoms with E-state index in [-0.39, 0.29) is 22.9 Å². The normalized spacial score (nSPS) is 10.4. The molecule has 1 aromatic heterocycles. The van der Waals surface area contributed by atoms with E-state index in [0.29, 0.717) is 11.6 Å². The van der Waals surface area contributed by atoms with Gasteiger partial charge in [0.05, 0.1) is 4.92 Å². The van der Waals surface area contributed by atoms with Gasteiger partial charge in [-0.2, -0.15) is 0 Å². The summed E-state index contributed by atoms with van der Waals surface area (Å²) < 4.78 is 10.4. The average molecular weight is 359 g/mol. The molecule has 0 aliphatic carbocycles. The van der Waals surface area contributed by atoms with Gasteiger partial charge in [-0.3, -0.25) is 10.1 Å². The van der Waals surface area contributed by atoms with Crippen molar-refractivity contribution in [1.29, 1.82) is 0 Å². The number of hydrogen-bond acceptors (Lipinski definition) is 6. The monoisotopic (exact) mass is 358 g/mol. The van der Waals surface area contributed by atoms with Gasteiger partial charge in [0.2, 0.25) is 5.89 Å².